The van der Waals surface area contributed by atoms with Crippen LogP contribution < -0.4 is 0 Å². The van der Waals surface area contributed by atoms with Crippen LogP contribution in [-0.2, 0) is 55.8 Å². The fourth-order valence-corrected chi connectivity index (χ4v) is 13.2. The van der Waals surface area contributed by atoms with Crippen molar-refractivity contribution >= 4 is 33.6 Å². The van der Waals surface area contributed by atoms with Gasteiger partial charge in [0.25, 0.3) is 0 Å². The molecule has 0 bridgehead atoms. The molecule has 0 fully saturated rings. The molecular weight excluding hydrogens is 1410 g/mol. The predicted octanol–water partition coefficient (Wildman–Crippen LogP) is 26.2. The van der Waals surface area contributed by atoms with Gasteiger partial charge in [-0.05, 0) is 148 Å². The highest BCUT2D eigenvalue weighted by Gasteiger charge is 2.29. The summed E-state index contributed by atoms with van der Waals surface area (Å²) in [4.78, 5) is 58.9. The molecule has 0 aliphatic heterocycles. The Morgan fingerprint density at radius 3 is 0.725 bits per heavy atom. The van der Waals surface area contributed by atoms with Crippen LogP contribution in [0.2, 0.25) is 0 Å². The Balaban J connectivity index is 4.57. The molecule has 0 spiro atoms. The minimum atomic E-state index is -4.94. The minimum absolute atomic E-state index is 0.0850. The van der Waals surface area contributed by atoms with E-state index >= 15 is 0 Å². The number of allylic oxidation sites excluding steroid dienone is 22. The van der Waals surface area contributed by atoms with Gasteiger partial charge in [0.1, 0.15) is 25.4 Å². The fraction of sp³-hybridized carbons (Fsp3) is 0.725. The van der Waals surface area contributed by atoms with E-state index in [0.29, 0.717) is 19.3 Å². The average Bonchev–Trinajstić information content (AvgIpc) is 0.902. The van der Waals surface area contributed by atoms with E-state index in [0.717, 1.165) is 161 Å². The number of carbonyl (C=O) groups is 3. The van der Waals surface area contributed by atoms with Gasteiger partial charge in [0.05, 0.1) is 26.4 Å². The van der Waals surface area contributed by atoms with Gasteiger partial charge < -0.3 is 34.2 Å². The minimum Gasteiger partial charge on any atom is -0.463 e. The molecule has 0 aromatic heterocycles. The summed E-state index contributed by atoms with van der Waals surface area (Å²) >= 11 is 0. The molecule has 0 aliphatic rings. The third-order valence-electron chi connectivity index (χ3n) is 18.3. The normalized spacial score (nSPS) is 14.5. The maximum atomic E-state index is 13.0. The molecule has 0 saturated carbocycles. The zero-order valence-electron chi connectivity index (χ0n) is 68.9. The molecule has 4 N–H and O–H groups in total. The van der Waals surface area contributed by atoms with E-state index < -0.39 is 91.5 Å². The van der Waals surface area contributed by atoms with Crippen LogP contribution >= 0.6 is 15.6 Å². The summed E-state index contributed by atoms with van der Waals surface area (Å²) < 4.78 is 61.3. The second-order valence-electron chi connectivity index (χ2n) is 29.0. The summed E-state index contributed by atoms with van der Waals surface area (Å²) in [7, 11) is -9.81. The molecule has 0 aliphatic carbocycles. The number of esters is 3. The van der Waals surface area contributed by atoms with E-state index in [1.807, 2.05) is 0 Å². The third-order valence-corrected chi connectivity index (χ3v) is 20.2. The summed E-state index contributed by atoms with van der Waals surface area (Å²) in [5.41, 5.74) is 0. The SMILES string of the molecule is CCCCC/C=C\C/C=C\C/C=C\C/C=C\CCCCCCCCCCCCCCCCCC(=O)OCC(O)COP(=O)(O)OCC(O)COP(=O)(O)OCC(COC(=O)CCCCCCCCC/C=C\C/C=C\C/C=C\C/C=C\CCCCC)OC(=O)CCCCCCCC/C=C\C/C=C\C/C=C\CCCCC. The quantitative estimate of drug-likeness (QED) is 0.0146. The van der Waals surface area contributed by atoms with Gasteiger partial charge in [-0.2, -0.15) is 0 Å². The molecule has 0 amide bonds. The average molecular weight is 1570 g/mol. The lowest BCUT2D eigenvalue weighted by atomic mass is 10.0. The number of hydrogen-bond donors (Lipinski definition) is 4. The lowest BCUT2D eigenvalue weighted by Crippen LogP contribution is -2.30. The highest BCUT2D eigenvalue weighted by molar-refractivity contribution is 7.47. The van der Waals surface area contributed by atoms with Crippen LogP contribution in [0.1, 0.15) is 367 Å². The molecule has 5 unspecified atom stereocenters. The number of aliphatic hydroxyl groups is 2. The number of hydrogen-bond acceptors (Lipinski definition) is 14. The first kappa shape index (κ1) is 105. The molecule has 18 heteroatoms. The lowest BCUT2D eigenvalue weighted by molar-refractivity contribution is -0.161. The summed E-state index contributed by atoms with van der Waals surface area (Å²) in [6, 6.07) is 0. The largest absolute Gasteiger partial charge is 0.472 e. The topological polar surface area (TPSA) is 231 Å². The predicted molar refractivity (Wildman–Crippen MR) is 454 cm³/mol. The van der Waals surface area contributed by atoms with Crippen molar-refractivity contribution in [3.63, 3.8) is 0 Å². The molecule has 0 rings (SSSR count). The summed E-state index contributed by atoms with van der Waals surface area (Å²) in [5.74, 6) is -1.59. The summed E-state index contributed by atoms with van der Waals surface area (Å²) in [6.45, 7) is 2.61. The number of phosphoric acid groups is 2. The highest BCUT2D eigenvalue weighted by atomic mass is 31.2. The molecular formula is C91H158O16P2. The van der Waals surface area contributed by atoms with E-state index in [2.05, 4.69) is 154 Å². The Labute approximate surface area is 665 Å². The molecule has 0 radical (unpaired) electrons. The van der Waals surface area contributed by atoms with Crippen LogP contribution in [0.3, 0.4) is 0 Å². The Morgan fingerprint density at radius 1 is 0.257 bits per heavy atom. The molecule has 5 atom stereocenters. The first-order valence-electron chi connectivity index (χ1n) is 43.5. The zero-order chi connectivity index (χ0) is 79.4. The van der Waals surface area contributed by atoms with Gasteiger partial charge in [0, 0.05) is 19.3 Å². The van der Waals surface area contributed by atoms with Crippen molar-refractivity contribution in [3.05, 3.63) is 134 Å². The molecule has 16 nitrogen and oxygen atoms in total. The van der Waals surface area contributed by atoms with Crippen molar-refractivity contribution in [2.45, 2.75) is 386 Å². The van der Waals surface area contributed by atoms with Crippen molar-refractivity contribution < 1.29 is 75.8 Å². The second-order valence-corrected chi connectivity index (χ2v) is 31.9. The number of rotatable bonds is 82. The van der Waals surface area contributed by atoms with Gasteiger partial charge in [-0.15, -0.1) is 0 Å². The maximum absolute atomic E-state index is 13.0. The van der Waals surface area contributed by atoms with E-state index in [-0.39, 0.29) is 19.3 Å². The maximum Gasteiger partial charge on any atom is 0.472 e. The zero-order valence-corrected chi connectivity index (χ0v) is 70.7. The number of phosphoric ester groups is 2. The Bertz CT molecular complexity index is 2510. The standard InChI is InChI=1S/C91H158O16P2/c1-4-7-10-13-16-19-22-25-28-31-34-36-38-39-40-41-42-43-44-45-47-49-51-53-56-59-62-65-68-71-74-77-89(94)101-80-86(92)81-103-108(97,98)104-82-87(93)83-105-109(99,100)106-85-88(107-91(96)79-76-73-70-67-64-61-58-55-50-33-30-27-24-21-18-15-12-9-6-3)84-102-90(95)78-75-72-69-66-63-60-57-54-52-48-46-37-35-32-29-26-23-20-17-14-11-8-5-2/h16-21,25-30,34-37,39-40,48,50,52,55,86-88,92-93H,4-15,22-24,31-33,38,41-47,49,51,53-54,56-85H2,1-3H3,(H,97,98)(H,99,100)/b19-16-,20-17-,21-18-,28-25-,29-26-,30-27-,36-34-,37-35-,40-39-,52-48-,55-50-. The first-order chi connectivity index (χ1) is 53.2. The van der Waals surface area contributed by atoms with Crippen LogP contribution in [0.15, 0.2) is 134 Å². The summed E-state index contributed by atoms with van der Waals surface area (Å²) in [6.07, 6.45) is 102. The van der Waals surface area contributed by atoms with Gasteiger partial charge in [0.15, 0.2) is 6.10 Å². The van der Waals surface area contributed by atoms with E-state index in [9.17, 15) is 43.5 Å². The number of carbonyl (C=O) groups excluding carboxylic acids is 3. The Morgan fingerprint density at radius 2 is 0.459 bits per heavy atom. The van der Waals surface area contributed by atoms with Crippen LogP contribution in [0.25, 0.3) is 0 Å². The van der Waals surface area contributed by atoms with Crippen LogP contribution in [0.4, 0.5) is 0 Å². The lowest BCUT2D eigenvalue weighted by Gasteiger charge is -2.21. The number of ether oxygens (including phenoxy) is 3. The van der Waals surface area contributed by atoms with Gasteiger partial charge in [0.2, 0.25) is 0 Å². The molecule has 109 heavy (non-hydrogen) atoms. The van der Waals surface area contributed by atoms with Crippen molar-refractivity contribution in [2.75, 3.05) is 39.6 Å². The molecule has 0 saturated heterocycles. The smallest absolute Gasteiger partial charge is 0.463 e. The Kier molecular flexibility index (Phi) is 79.8. The van der Waals surface area contributed by atoms with Gasteiger partial charge >= 0.3 is 33.6 Å². The highest BCUT2D eigenvalue weighted by Crippen LogP contribution is 2.45. The fourth-order valence-electron chi connectivity index (χ4n) is 11.7. The van der Waals surface area contributed by atoms with Crippen molar-refractivity contribution in [1.29, 1.82) is 0 Å². The van der Waals surface area contributed by atoms with Crippen LogP contribution in [0.5, 0.6) is 0 Å². The van der Waals surface area contributed by atoms with Crippen molar-refractivity contribution in [2.24, 2.45) is 0 Å². The Hall–Kier alpha value is -4.31. The molecule has 628 valence electrons. The van der Waals surface area contributed by atoms with Crippen molar-refractivity contribution in [1.82, 2.24) is 0 Å². The number of unbranched alkanes of at least 4 members (excludes halogenated alkanes) is 37. The van der Waals surface area contributed by atoms with Gasteiger partial charge in [-0.3, -0.25) is 32.5 Å². The van der Waals surface area contributed by atoms with Gasteiger partial charge in [-0.1, -0.05) is 334 Å². The summed E-state index contributed by atoms with van der Waals surface area (Å²) in [5, 5.41) is 20.7. The van der Waals surface area contributed by atoms with Crippen molar-refractivity contribution in [3.8, 4) is 0 Å². The number of aliphatic hydroxyl groups excluding tert-OH is 2. The van der Waals surface area contributed by atoms with E-state index in [1.54, 1.807) is 0 Å². The molecule has 0 heterocycles. The second kappa shape index (κ2) is 83.1. The monoisotopic (exact) mass is 1570 g/mol. The van der Waals surface area contributed by atoms with Crippen LogP contribution in [0, 0.1) is 0 Å². The first-order valence-corrected chi connectivity index (χ1v) is 46.5. The van der Waals surface area contributed by atoms with Crippen LogP contribution in [-0.4, -0.2) is 95.9 Å². The molecule has 0 aromatic carbocycles. The van der Waals surface area contributed by atoms with E-state index in [1.165, 1.54) is 148 Å². The molecule has 0 aromatic rings. The third kappa shape index (κ3) is 84.4. The van der Waals surface area contributed by atoms with Gasteiger partial charge in [-0.25, -0.2) is 9.13 Å². The van der Waals surface area contributed by atoms with E-state index in [4.69, 9.17) is 32.3 Å².